The van der Waals surface area contributed by atoms with Gasteiger partial charge in [0.2, 0.25) is 0 Å². The van der Waals surface area contributed by atoms with Crippen molar-refractivity contribution >= 4 is 22.4 Å². The van der Waals surface area contributed by atoms with Crippen LogP contribution in [0, 0.1) is 0 Å². The molecule has 7 nitrogen and oxygen atoms in total. The molecule has 0 saturated carbocycles. The second-order valence-corrected chi connectivity index (χ2v) is 8.87. The van der Waals surface area contributed by atoms with E-state index in [1.165, 1.54) is 16.9 Å². The predicted molar refractivity (Wildman–Crippen MR) is 127 cm³/mol. The summed E-state index contributed by atoms with van der Waals surface area (Å²) in [6.07, 6.45) is 0. The summed E-state index contributed by atoms with van der Waals surface area (Å²) >= 11 is 1.29. The Kier molecular flexibility index (Phi) is 7.49. The number of carbonyl (C=O) groups excluding carboxylic acids is 1. The number of nitrogens with one attached hydrogen (secondary N) is 2. The Hall–Kier alpha value is -2.78. The van der Waals surface area contributed by atoms with Gasteiger partial charge in [0.15, 0.2) is 0 Å². The van der Waals surface area contributed by atoms with Crippen LogP contribution in [0.4, 0.5) is 9.80 Å². The lowest BCUT2D eigenvalue weighted by Crippen LogP contribution is -2.42. The quantitative estimate of drug-likeness (QED) is 0.487. The van der Waals surface area contributed by atoms with Crippen LogP contribution < -0.4 is 10.6 Å². The molecule has 3 N–H and O–H groups in total. The number of thiazole rings is 1. The van der Waals surface area contributed by atoms with E-state index >= 15 is 0 Å². The van der Waals surface area contributed by atoms with E-state index in [1.54, 1.807) is 7.11 Å². The number of hydrogen-bond donors (Lipinski definition) is 3. The Morgan fingerprint density at radius 3 is 2.56 bits per heavy atom. The van der Waals surface area contributed by atoms with Crippen LogP contribution in [-0.4, -0.2) is 60.4 Å². The van der Waals surface area contributed by atoms with Crippen molar-refractivity contribution in [3.05, 3.63) is 71.2 Å². The summed E-state index contributed by atoms with van der Waals surface area (Å²) in [6, 6.07) is 19.7. The standard InChI is InChI=1S/C24H28N4O3S/c1-31-13-12-28-14-19(17-8-4-2-5-9-17)20(15-28)25-24(30)27-23-22(26-21(16-29)32-23)18-10-6-3-7-11-18/h2-11,19-20,29H,12-16H2,1H3,(H2,25,27,30)/t19-,20+/m0/s1. The number of aliphatic hydroxyl groups is 1. The first-order valence-corrected chi connectivity index (χ1v) is 11.5. The molecule has 0 bridgehead atoms. The van der Waals surface area contributed by atoms with Gasteiger partial charge in [-0.3, -0.25) is 10.2 Å². The van der Waals surface area contributed by atoms with Crippen LogP contribution in [-0.2, 0) is 11.3 Å². The fourth-order valence-electron chi connectivity index (χ4n) is 4.09. The van der Waals surface area contributed by atoms with Crippen LogP contribution in [0.25, 0.3) is 11.3 Å². The Labute approximate surface area is 192 Å². The molecule has 2 amide bonds. The maximum Gasteiger partial charge on any atom is 0.320 e. The lowest BCUT2D eigenvalue weighted by atomic mass is 9.94. The van der Waals surface area contributed by atoms with Crippen molar-refractivity contribution in [3.63, 3.8) is 0 Å². The number of nitrogens with zero attached hydrogens (tertiary/aromatic N) is 2. The first-order valence-electron chi connectivity index (χ1n) is 10.7. The molecule has 8 heteroatoms. The first kappa shape index (κ1) is 22.4. The lowest BCUT2D eigenvalue weighted by Gasteiger charge is -2.20. The number of ether oxygens (including phenoxy) is 1. The summed E-state index contributed by atoms with van der Waals surface area (Å²) in [5.74, 6) is 0.196. The SMILES string of the molecule is COCCN1C[C@@H](NC(=O)Nc2sc(CO)nc2-c2ccccc2)[C@H](c2ccccc2)C1. The fraction of sp³-hybridized carbons (Fsp3) is 0.333. The molecule has 1 fully saturated rings. The highest BCUT2D eigenvalue weighted by atomic mass is 32.1. The summed E-state index contributed by atoms with van der Waals surface area (Å²) in [5, 5.41) is 16.9. The molecule has 2 atom stereocenters. The Morgan fingerprint density at radius 1 is 1.16 bits per heavy atom. The highest BCUT2D eigenvalue weighted by Gasteiger charge is 2.34. The monoisotopic (exact) mass is 452 g/mol. The summed E-state index contributed by atoms with van der Waals surface area (Å²) < 4.78 is 5.24. The second kappa shape index (κ2) is 10.7. The van der Waals surface area contributed by atoms with Crippen LogP contribution in [0.1, 0.15) is 16.5 Å². The molecule has 1 aliphatic rings. The summed E-state index contributed by atoms with van der Waals surface area (Å²) in [5.41, 5.74) is 2.78. The van der Waals surface area contributed by atoms with Crippen LogP contribution in [0.3, 0.4) is 0 Å². The highest BCUT2D eigenvalue weighted by molar-refractivity contribution is 7.16. The van der Waals surface area contributed by atoms with Crippen LogP contribution in [0.15, 0.2) is 60.7 Å². The van der Waals surface area contributed by atoms with Gasteiger partial charge < -0.3 is 15.2 Å². The van der Waals surface area contributed by atoms with Crippen molar-refractivity contribution in [1.82, 2.24) is 15.2 Å². The largest absolute Gasteiger partial charge is 0.389 e. The number of methoxy groups -OCH3 is 1. The number of urea groups is 1. The van der Waals surface area contributed by atoms with Gasteiger partial charge in [-0.25, -0.2) is 9.78 Å². The van der Waals surface area contributed by atoms with Gasteiger partial charge in [-0.15, -0.1) is 0 Å². The van der Waals surface area contributed by atoms with E-state index in [1.807, 2.05) is 48.5 Å². The van der Waals surface area contributed by atoms with E-state index in [0.29, 0.717) is 22.3 Å². The van der Waals surface area contributed by atoms with E-state index in [2.05, 4.69) is 32.7 Å². The number of aliphatic hydroxyl groups excluding tert-OH is 1. The third-order valence-electron chi connectivity index (χ3n) is 5.63. The lowest BCUT2D eigenvalue weighted by molar-refractivity contribution is 0.159. The number of amides is 2. The second-order valence-electron chi connectivity index (χ2n) is 7.78. The van der Waals surface area contributed by atoms with Gasteiger partial charge in [0.1, 0.15) is 15.7 Å². The van der Waals surface area contributed by atoms with Crippen LogP contribution >= 0.6 is 11.3 Å². The fourth-order valence-corrected chi connectivity index (χ4v) is 4.93. The Balaban J connectivity index is 1.49. The maximum atomic E-state index is 13.0. The number of carbonyl (C=O) groups is 1. The molecule has 1 aliphatic heterocycles. The molecule has 3 aromatic rings. The van der Waals surface area contributed by atoms with Gasteiger partial charge >= 0.3 is 6.03 Å². The molecule has 4 rings (SSSR count). The summed E-state index contributed by atoms with van der Waals surface area (Å²) in [4.78, 5) is 19.8. The van der Waals surface area contributed by atoms with E-state index < -0.39 is 0 Å². The molecule has 2 aromatic carbocycles. The molecule has 0 radical (unpaired) electrons. The minimum absolute atomic E-state index is 0.0281. The number of rotatable bonds is 8. The van der Waals surface area contributed by atoms with Gasteiger partial charge in [0.05, 0.1) is 19.3 Å². The van der Waals surface area contributed by atoms with E-state index in [-0.39, 0.29) is 24.6 Å². The molecule has 0 spiro atoms. The van der Waals surface area contributed by atoms with Gasteiger partial charge in [-0.2, -0.15) is 0 Å². The van der Waals surface area contributed by atoms with Gasteiger partial charge in [0.25, 0.3) is 0 Å². The zero-order chi connectivity index (χ0) is 22.3. The Bertz CT molecular complexity index is 1010. The molecule has 1 aromatic heterocycles. The predicted octanol–water partition coefficient (Wildman–Crippen LogP) is 3.54. The summed E-state index contributed by atoms with van der Waals surface area (Å²) in [7, 11) is 1.70. The zero-order valence-electron chi connectivity index (χ0n) is 18.0. The number of benzene rings is 2. The topological polar surface area (TPSA) is 86.7 Å². The van der Waals surface area contributed by atoms with E-state index in [9.17, 15) is 9.90 Å². The number of likely N-dealkylation sites (tertiary alicyclic amines) is 1. The number of aromatic nitrogens is 1. The van der Waals surface area contributed by atoms with Crippen molar-refractivity contribution < 1.29 is 14.6 Å². The van der Waals surface area contributed by atoms with Crippen molar-refractivity contribution in [1.29, 1.82) is 0 Å². The molecule has 32 heavy (non-hydrogen) atoms. The number of hydrogen-bond acceptors (Lipinski definition) is 6. The molecule has 168 valence electrons. The van der Waals surface area contributed by atoms with Crippen molar-refractivity contribution in [2.24, 2.45) is 0 Å². The average Bonchev–Trinajstić information content (AvgIpc) is 3.42. The van der Waals surface area contributed by atoms with Gasteiger partial charge in [0, 0.05) is 38.2 Å². The third-order valence-corrected chi connectivity index (χ3v) is 6.59. The molecule has 1 saturated heterocycles. The van der Waals surface area contributed by atoms with Crippen molar-refractivity contribution in [3.8, 4) is 11.3 Å². The van der Waals surface area contributed by atoms with Gasteiger partial charge in [-0.05, 0) is 5.56 Å². The Morgan fingerprint density at radius 2 is 1.88 bits per heavy atom. The average molecular weight is 453 g/mol. The smallest absolute Gasteiger partial charge is 0.320 e. The molecule has 0 unspecified atom stereocenters. The van der Waals surface area contributed by atoms with E-state index in [0.717, 1.165) is 25.2 Å². The van der Waals surface area contributed by atoms with Crippen LogP contribution in [0.2, 0.25) is 0 Å². The molecule has 0 aliphatic carbocycles. The molecular weight excluding hydrogens is 424 g/mol. The molecule has 2 heterocycles. The normalized spacial score (nSPS) is 18.6. The van der Waals surface area contributed by atoms with Gasteiger partial charge in [-0.1, -0.05) is 72.0 Å². The van der Waals surface area contributed by atoms with Crippen LogP contribution in [0.5, 0.6) is 0 Å². The van der Waals surface area contributed by atoms with E-state index in [4.69, 9.17) is 4.74 Å². The maximum absolute atomic E-state index is 13.0. The minimum atomic E-state index is -0.269. The highest BCUT2D eigenvalue weighted by Crippen LogP contribution is 2.33. The summed E-state index contributed by atoms with van der Waals surface area (Å²) in [6.45, 7) is 2.94. The minimum Gasteiger partial charge on any atom is -0.389 e. The third kappa shape index (κ3) is 5.34. The first-order chi connectivity index (χ1) is 15.7. The van der Waals surface area contributed by atoms with Crippen molar-refractivity contribution in [2.75, 3.05) is 38.7 Å². The molecular formula is C24H28N4O3S. The van der Waals surface area contributed by atoms with Crippen molar-refractivity contribution in [2.45, 2.75) is 18.6 Å². The zero-order valence-corrected chi connectivity index (χ0v) is 18.8. The number of anilines is 1.